The molecule has 0 atom stereocenters. The maximum Gasteiger partial charge on any atom is 0.124 e. The van der Waals surface area contributed by atoms with Gasteiger partial charge >= 0.3 is 0 Å². The molecule has 0 aromatic heterocycles. The van der Waals surface area contributed by atoms with Crippen LogP contribution in [0.25, 0.3) is 0 Å². The minimum atomic E-state index is 0.468. The molecule has 2 nitrogen and oxygen atoms in total. The summed E-state index contributed by atoms with van der Waals surface area (Å²) in [5, 5.41) is 8.65. The zero-order valence-corrected chi connectivity index (χ0v) is 7.58. The second-order valence-corrected chi connectivity index (χ2v) is 2.69. The van der Waals surface area contributed by atoms with Crippen molar-refractivity contribution in [1.29, 1.82) is 5.26 Å². The summed E-state index contributed by atoms with van der Waals surface area (Å²) in [5.74, 6) is 0.749. The van der Waals surface area contributed by atoms with E-state index in [1.54, 1.807) is 18.2 Å². The molecule has 0 N–H and O–H groups in total. The van der Waals surface area contributed by atoms with Crippen LogP contribution in [0.4, 0.5) is 0 Å². The van der Waals surface area contributed by atoms with Crippen LogP contribution in [0.2, 0.25) is 0 Å². The highest BCUT2D eigenvalue weighted by Crippen LogP contribution is 2.18. The van der Waals surface area contributed by atoms with Crippen molar-refractivity contribution in [2.24, 2.45) is 0 Å². The van der Waals surface area contributed by atoms with Gasteiger partial charge in [-0.3, -0.25) is 0 Å². The number of nitrogens with zero attached hydrogens (tertiary/aromatic N) is 1. The second kappa shape index (κ2) is 4.32. The van der Waals surface area contributed by atoms with E-state index in [9.17, 15) is 0 Å². The maximum atomic E-state index is 8.65. The zero-order chi connectivity index (χ0) is 9.68. The zero-order valence-electron chi connectivity index (χ0n) is 7.58. The summed E-state index contributed by atoms with van der Waals surface area (Å²) in [6.45, 7) is 5.97. The fourth-order valence-electron chi connectivity index (χ4n) is 0.974. The van der Waals surface area contributed by atoms with Crippen molar-refractivity contribution in [2.45, 2.75) is 6.92 Å². The Bertz CT molecular complexity index is 350. The predicted molar refractivity (Wildman–Crippen MR) is 51.6 cm³/mol. The number of aryl methyl sites for hydroxylation is 1. The molecule has 66 valence electrons. The molecule has 1 aromatic rings. The topological polar surface area (TPSA) is 33.0 Å². The predicted octanol–water partition coefficient (Wildman–Crippen LogP) is 2.43. The molecule has 0 heterocycles. The van der Waals surface area contributed by atoms with E-state index in [0.717, 1.165) is 11.3 Å². The molecule has 0 unspecified atom stereocenters. The Balaban J connectivity index is 2.91. The van der Waals surface area contributed by atoms with E-state index in [1.165, 1.54) is 0 Å². The average Bonchev–Trinajstić information content (AvgIpc) is 2.17. The van der Waals surface area contributed by atoms with Crippen LogP contribution < -0.4 is 4.74 Å². The molecule has 1 rings (SSSR count). The quantitative estimate of drug-likeness (QED) is 0.657. The van der Waals surface area contributed by atoms with Gasteiger partial charge in [0.25, 0.3) is 0 Å². The van der Waals surface area contributed by atoms with Crippen LogP contribution in [-0.2, 0) is 0 Å². The van der Waals surface area contributed by atoms with Crippen molar-refractivity contribution in [1.82, 2.24) is 0 Å². The van der Waals surface area contributed by atoms with Crippen molar-refractivity contribution < 1.29 is 4.74 Å². The van der Waals surface area contributed by atoms with Gasteiger partial charge in [-0.25, -0.2) is 0 Å². The molecule has 0 bridgehead atoms. The number of benzene rings is 1. The van der Waals surface area contributed by atoms with E-state index in [1.807, 2.05) is 13.0 Å². The summed E-state index contributed by atoms with van der Waals surface area (Å²) in [7, 11) is 0. The number of ether oxygens (including phenoxy) is 1. The molecule has 0 fully saturated rings. The van der Waals surface area contributed by atoms with Crippen LogP contribution in [0, 0.1) is 18.3 Å². The number of hydrogen-bond donors (Lipinski definition) is 0. The number of hydrogen-bond acceptors (Lipinski definition) is 2. The van der Waals surface area contributed by atoms with E-state index in [-0.39, 0.29) is 0 Å². The van der Waals surface area contributed by atoms with E-state index in [4.69, 9.17) is 10.00 Å². The lowest BCUT2D eigenvalue weighted by molar-refractivity contribution is 0.360. The smallest absolute Gasteiger partial charge is 0.124 e. The Morgan fingerprint density at radius 3 is 3.00 bits per heavy atom. The van der Waals surface area contributed by atoms with Crippen molar-refractivity contribution in [2.75, 3.05) is 6.61 Å². The molecule has 0 aliphatic rings. The highest BCUT2D eigenvalue weighted by molar-refractivity contribution is 5.41. The third-order valence-corrected chi connectivity index (χ3v) is 1.67. The highest BCUT2D eigenvalue weighted by atomic mass is 16.5. The molecule has 1 aromatic carbocycles. The first-order valence-corrected chi connectivity index (χ1v) is 4.02. The molecule has 0 aliphatic heterocycles. The number of nitriles is 1. The fourth-order valence-corrected chi connectivity index (χ4v) is 0.974. The Morgan fingerprint density at radius 2 is 2.38 bits per heavy atom. The van der Waals surface area contributed by atoms with Crippen LogP contribution in [-0.4, -0.2) is 6.61 Å². The highest BCUT2D eigenvalue weighted by Gasteiger charge is 1.99. The van der Waals surface area contributed by atoms with Gasteiger partial charge in [-0.2, -0.15) is 5.26 Å². The van der Waals surface area contributed by atoms with Crippen LogP contribution in [0.1, 0.15) is 11.1 Å². The Labute approximate surface area is 78.1 Å². The van der Waals surface area contributed by atoms with Gasteiger partial charge < -0.3 is 4.74 Å². The molecule has 2 heteroatoms. The van der Waals surface area contributed by atoms with Gasteiger partial charge in [0.15, 0.2) is 0 Å². The van der Waals surface area contributed by atoms with Crippen LogP contribution in [0.15, 0.2) is 30.9 Å². The summed E-state index contributed by atoms with van der Waals surface area (Å²) >= 11 is 0. The van der Waals surface area contributed by atoms with Gasteiger partial charge in [0, 0.05) is 0 Å². The third-order valence-electron chi connectivity index (χ3n) is 1.67. The summed E-state index contributed by atoms with van der Waals surface area (Å²) in [4.78, 5) is 0. The molecule has 13 heavy (non-hydrogen) atoms. The summed E-state index contributed by atoms with van der Waals surface area (Å²) in [6.07, 6.45) is 1.68. The largest absolute Gasteiger partial charge is 0.489 e. The van der Waals surface area contributed by atoms with Gasteiger partial charge in [0.05, 0.1) is 11.6 Å². The van der Waals surface area contributed by atoms with Crippen molar-refractivity contribution >= 4 is 0 Å². The first-order chi connectivity index (χ1) is 6.27. The Kier molecular flexibility index (Phi) is 3.10. The third kappa shape index (κ3) is 2.34. The van der Waals surface area contributed by atoms with E-state index in [2.05, 4.69) is 12.6 Å². The molecular weight excluding hydrogens is 162 g/mol. The molecule has 0 saturated carbocycles. The summed E-state index contributed by atoms with van der Waals surface area (Å²) < 4.78 is 5.36. The van der Waals surface area contributed by atoms with Crippen LogP contribution in [0.3, 0.4) is 0 Å². The Hall–Kier alpha value is -1.75. The van der Waals surface area contributed by atoms with E-state index in [0.29, 0.717) is 12.2 Å². The first kappa shape index (κ1) is 9.34. The van der Waals surface area contributed by atoms with Crippen molar-refractivity contribution in [3.63, 3.8) is 0 Å². The van der Waals surface area contributed by atoms with E-state index >= 15 is 0 Å². The lowest BCUT2D eigenvalue weighted by Crippen LogP contribution is -1.95. The SMILES string of the molecule is C=CCOc1cc(C#N)ccc1C. The summed E-state index contributed by atoms with van der Waals surface area (Å²) in [6, 6.07) is 7.45. The lowest BCUT2D eigenvalue weighted by atomic mass is 10.1. The van der Waals surface area contributed by atoms with Gasteiger partial charge in [-0.1, -0.05) is 18.7 Å². The fraction of sp³-hybridized carbons (Fsp3) is 0.182. The molecule has 0 amide bonds. The van der Waals surface area contributed by atoms with Gasteiger partial charge in [-0.15, -0.1) is 0 Å². The normalized spacial score (nSPS) is 8.92. The minimum absolute atomic E-state index is 0.468. The van der Waals surface area contributed by atoms with Gasteiger partial charge in [0.2, 0.25) is 0 Å². The first-order valence-electron chi connectivity index (χ1n) is 4.02. The standard InChI is InChI=1S/C11H11NO/c1-3-6-13-11-7-10(8-12)5-4-9(11)2/h3-5,7H,1,6H2,2H3. The lowest BCUT2D eigenvalue weighted by Gasteiger charge is -2.06. The monoisotopic (exact) mass is 173 g/mol. The Morgan fingerprint density at radius 1 is 1.62 bits per heavy atom. The minimum Gasteiger partial charge on any atom is -0.489 e. The van der Waals surface area contributed by atoms with Gasteiger partial charge in [-0.05, 0) is 24.6 Å². The van der Waals surface area contributed by atoms with Crippen LogP contribution >= 0.6 is 0 Å². The number of rotatable bonds is 3. The molecular formula is C11H11NO. The summed E-state index contributed by atoms with van der Waals surface area (Å²) in [5.41, 5.74) is 1.64. The van der Waals surface area contributed by atoms with Gasteiger partial charge in [0.1, 0.15) is 12.4 Å². The average molecular weight is 173 g/mol. The molecule has 0 radical (unpaired) electrons. The van der Waals surface area contributed by atoms with Crippen molar-refractivity contribution in [3.05, 3.63) is 42.0 Å². The van der Waals surface area contributed by atoms with Crippen molar-refractivity contribution in [3.8, 4) is 11.8 Å². The molecule has 0 aliphatic carbocycles. The maximum absolute atomic E-state index is 8.65. The molecule has 0 saturated heterocycles. The molecule has 0 spiro atoms. The second-order valence-electron chi connectivity index (χ2n) is 2.69. The van der Waals surface area contributed by atoms with Crippen LogP contribution in [0.5, 0.6) is 5.75 Å². The van der Waals surface area contributed by atoms with E-state index < -0.39 is 0 Å².